The standard InChI is InChI=1S/C10H9ClO/c1-7-4-5-12-10-3-2-8(11)6-9(7)10/h2-3,6H,1,4-5H2. The molecule has 0 atom stereocenters. The highest BCUT2D eigenvalue weighted by atomic mass is 35.5. The molecule has 62 valence electrons. The van der Waals surface area contributed by atoms with Crippen LogP contribution < -0.4 is 4.74 Å². The second kappa shape index (κ2) is 2.83. The van der Waals surface area contributed by atoms with Crippen LogP contribution in [0.1, 0.15) is 12.0 Å². The number of benzene rings is 1. The van der Waals surface area contributed by atoms with Crippen molar-refractivity contribution in [3.05, 3.63) is 35.4 Å². The molecule has 0 bridgehead atoms. The quantitative estimate of drug-likeness (QED) is 0.596. The van der Waals surface area contributed by atoms with Crippen LogP contribution in [0.5, 0.6) is 5.75 Å². The fraction of sp³-hybridized carbons (Fsp3) is 0.200. The van der Waals surface area contributed by atoms with Crippen LogP contribution in [-0.4, -0.2) is 6.61 Å². The van der Waals surface area contributed by atoms with Crippen LogP contribution in [0.4, 0.5) is 0 Å². The molecule has 1 aromatic carbocycles. The summed E-state index contributed by atoms with van der Waals surface area (Å²) in [6, 6.07) is 5.62. The molecular weight excluding hydrogens is 172 g/mol. The summed E-state index contributed by atoms with van der Waals surface area (Å²) in [7, 11) is 0. The molecule has 1 heterocycles. The summed E-state index contributed by atoms with van der Waals surface area (Å²) in [6.07, 6.45) is 0.896. The molecule has 1 aliphatic rings. The summed E-state index contributed by atoms with van der Waals surface area (Å²) < 4.78 is 5.43. The Bertz CT molecular complexity index is 331. The van der Waals surface area contributed by atoms with Crippen LogP contribution in [-0.2, 0) is 0 Å². The summed E-state index contributed by atoms with van der Waals surface area (Å²) >= 11 is 5.85. The van der Waals surface area contributed by atoms with Gasteiger partial charge in [-0.1, -0.05) is 18.2 Å². The van der Waals surface area contributed by atoms with E-state index in [1.54, 1.807) is 0 Å². The van der Waals surface area contributed by atoms with Crippen molar-refractivity contribution in [1.29, 1.82) is 0 Å². The van der Waals surface area contributed by atoms with E-state index in [-0.39, 0.29) is 0 Å². The minimum Gasteiger partial charge on any atom is -0.493 e. The Labute approximate surface area is 76.6 Å². The van der Waals surface area contributed by atoms with Crippen LogP contribution >= 0.6 is 11.6 Å². The van der Waals surface area contributed by atoms with E-state index in [1.807, 2.05) is 18.2 Å². The molecule has 0 aliphatic carbocycles. The van der Waals surface area contributed by atoms with Crippen molar-refractivity contribution in [3.8, 4) is 5.75 Å². The SMILES string of the molecule is C=C1CCOc2ccc(Cl)cc21. The van der Waals surface area contributed by atoms with Gasteiger partial charge in [0.15, 0.2) is 0 Å². The Kier molecular flexibility index (Phi) is 1.81. The number of ether oxygens (including phenoxy) is 1. The predicted octanol–water partition coefficient (Wildman–Crippen LogP) is 3.14. The summed E-state index contributed by atoms with van der Waals surface area (Å²) in [6.45, 7) is 4.69. The van der Waals surface area contributed by atoms with Gasteiger partial charge in [-0.25, -0.2) is 0 Å². The second-order valence-electron chi connectivity index (χ2n) is 2.84. The smallest absolute Gasteiger partial charge is 0.126 e. The first-order valence-electron chi connectivity index (χ1n) is 3.88. The van der Waals surface area contributed by atoms with E-state index in [1.165, 1.54) is 0 Å². The molecule has 2 rings (SSSR count). The highest BCUT2D eigenvalue weighted by molar-refractivity contribution is 6.30. The van der Waals surface area contributed by atoms with Crippen LogP contribution in [0.3, 0.4) is 0 Å². The van der Waals surface area contributed by atoms with Crippen LogP contribution in [0, 0.1) is 0 Å². The molecule has 1 aromatic rings. The molecule has 0 N–H and O–H groups in total. The minimum atomic E-state index is 0.730. The van der Waals surface area contributed by atoms with Gasteiger partial charge in [0.05, 0.1) is 6.61 Å². The number of hydrogen-bond acceptors (Lipinski definition) is 1. The van der Waals surface area contributed by atoms with Gasteiger partial charge in [0, 0.05) is 17.0 Å². The normalized spacial score (nSPS) is 15.2. The first kappa shape index (κ1) is 7.69. The maximum Gasteiger partial charge on any atom is 0.126 e. The Morgan fingerprint density at radius 1 is 1.42 bits per heavy atom. The van der Waals surface area contributed by atoms with Crippen molar-refractivity contribution in [2.75, 3.05) is 6.61 Å². The zero-order chi connectivity index (χ0) is 8.55. The van der Waals surface area contributed by atoms with Crippen molar-refractivity contribution in [2.24, 2.45) is 0 Å². The molecule has 0 unspecified atom stereocenters. The van der Waals surface area contributed by atoms with E-state index < -0.39 is 0 Å². The third-order valence-corrected chi connectivity index (χ3v) is 2.22. The molecule has 0 aromatic heterocycles. The molecule has 0 radical (unpaired) electrons. The Morgan fingerprint density at radius 3 is 3.08 bits per heavy atom. The lowest BCUT2D eigenvalue weighted by atomic mass is 10.0. The number of fused-ring (bicyclic) bond motifs is 1. The van der Waals surface area contributed by atoms with E-state index in [9.17, 15) is 0 Å². The summed E-state index contributed by atoms with van der Waals surface area (Å²) in [5, 5.41) is 0.736. The highest BCUT2D eigenvalue weighted by Gasteiger charge is 2.12. The minimum absolute atomic E-state index is 0.730. The largest absolute Gasteiger partial charge is 0.493 e. The van der Waals surface area contributed by atoms with E-state index in [2.05, 4.69) is 6.58 Å². The molecule has 0 saturated heterocycles. The summed E-state index contributed by atoms with van der Waals surface area (Å²) in [5.41, 5.74) is 2.16. The molecule has 0 spiro atoms. The monoisotopic (exact) mass is 180 g/mol. The molecule has 1 aliphatic heterocycles. The number of hydrogen-bond donors (Lipinski definition) is 0. The molecular formula is C10H9ClO. The maximum atomic E-state index is 5.85. The fourth-order valence-corrected chi connectivity index (χ4v) is 1.50. The predicted molar refractivity (Wildman–Crippen MR) is 50.6 cm³/mol. The van der Waals surface area contributed by atoms with Gasteiger partial charge in [-0.05, 0) is 23.8 Å². The third-order valence-electron chi connectivity index (χ3n) is 1.98. The van der Waals surface area contributed by atoms with Gasteiger partial charge < -0.3 is 4.74 Å². The van der Waals surface area contributed by atoms with Crippen LogP contribution in [0.2, 0.25) is 5.02 Å². The molecule has 1 nitrogen and oxygen atoms in total. The van der Waals surface area contributed by atoms with Crippen molar-refractivity contribution < 1.29 is 4.74 Å². The molecule has 0 saturated carbocycles. The van der Waals surface area contributed by atoms with E-state index >= 15 is 0 Å². The van der Waals surface area contributed by atoms with Crippen molar-refractivity contribution in [1.82, 2.24) is 0 Å². The van der Waals surface area contributed by atoms with Gasteiger partial charge in [0.2, 0.25) is 0 Å². The average molecular weight is 181 g/mol. The summed E-state index contributed by atoms with van der Waals surface area (Å²) in [5.74, 6) is 0.899. The first-order chi connectivity index (χ1) is 5.77. The van der Waals surface area contributed by atoms with Gasteiger partial charge in [0.25, 0.3) is 0 Å². The zero-order valence-corrected chi connectivity index (χ0v) is 7.40. The molecule has 2 heteroatoms. The second-order valence-corrected chi connectivity index (χ2v) is 3.28. The topological polar surface area (TPSA) is 9.23 Å². The van der Waals surface area contributed by atoms with Crippen molar-refractivity contribution >= 4 is 17.2 Å². The van der Waals surface area contributed by atoms with E-state index in [4.69, 9.17) is 16.3 Å². The lowest BCUT2D eigenvalue weighted by Gasteiger charge is -2.18. The molecule has 12 heavy (non-hydrogen) atoms. The Morgan fingerprint density at radius 2 is 2.25 bits per heavy atom. The van der Waals surface area contributed by atoms with Gasteiger partial charge in [-0.2, -0.15) is 0 Å². The Hall–Kier alpha value is -0.950. The highest BCUT2D eigenvalue weighted by Crippen LogP contribution is 2.33. The van der Waals surface area contributed by atoms with Crippen molar-refractivity contribution in [2.45, 2.75) is 6.42 Å². The van der Waals surface area contributed by atoms with Gasteiger partial charge in [0.1, 0.15) is 5.75 Å². The van der Waals surface area contributed by atoms with Gasteiger partial charge in [-0.15, -0.1) is 0 Å². The third kappa shape index (κ3) is 1.21. The lowest BCUT2D eigenvalue weighted by molar-refractivity contribution is 0.316. The zero-order valence-electron chi connectivity index (χ0n) is 6.64. The van der Waals surface area contributed by atoms with Gasteiger partial charge >= 0.3 is 0 Å². The first-order valence-corrected chi connectivity index (χ1v) is 4.25. The van der Waals surface area contributed by atoms with Gasteiger partial charge in [-0.3, -0.25) is 0 Å². The number of halogens is 1. The van der Waals surface area contributed by atoms with Crippen LogP contribution in [0.25, 0.3) is 5.57 Å². The Balaban J connectivity index is 2.54. The molecule has 0 amide bonds. The van der Waals surface area contributed by atoms with Crippen LogP contribution in [0.15, 0.2) is 24.8 Å². The summed E-state index contributed by atoms with van der Waals surface area (Å²) in [4.78, 5) is 0. The molecule has 0 fully saturated rings. The fourth-order valence-electron chi connectivity index (χ4n) is 1.32. The maximum absolute atomic E-state index is 5.85. The van der Waals surface area contributed by atoms with E-state index in [0.717, 1.165) is 34.9 Å². The van der Waals surface area contributed by atoms with E-state index in [0.29, 0.717) is 0 Å². The lowest BCUT2D eigenvalue weighted by Crippen LogP contribution is -2.06. The average Bonchev–Trinajstić information content (AvgIpc) is 2.07. The number of rotatable bonds is 0. The van der Waals surface area contributed by atoms with Crippen molar-refractivity contribution in [3.63, 3.8) is 0 Å².